The van der Waals surface area contributed by atoms with Crippen LogP contribution in [-0.4, -0.2) is 75.2 Å². The Hall–Kier alpha value is -1.45. The maximum absolute atomic E-state index is 11.9. The number of fused-ring (bicyclic) bond motifs is 4. The highest BCUT2D eigenvalue weighted by molar-refractivity contribution is 7.89. The van der Waals surface area contributed by atoms with Crippen molar-refractivity contribution in [2.45, 2.75) is 50.5 Å². The summed E-state index contributed by atoms with van der Waals surface area (Å²) in [6, 6.07) is 6.61. The van der Waals surface area contributed by atoms with Gasteiger partial charge in [0.25, 0.3) is 0 Å². The first-order valence-electron chi connectivity index (χ1n) is 12.4. The molecule has 3 N–H and O–H groups in total. The molecule has 4 aliphatic rings. The van der Waals surface area contributed by atoms with Crippen molar-refractivity contribution in [1.82, 2.24) is 14.6 Å². The van der Waals surface area contributed by atoms with E-state index in [0.29, 0.717) is 24.3 Å². The van der Waals surface area contributed by atoms with E-state index >= 15 is 0 Å². The number of benzene rings is 1. The molecule has 5 unspecified atom stereocenters. The molecule has 2 aromatic rings. The predicted molar refractivity (Wildman–Crippen MR) is 130 cm³/mol. The highest BCUT2D eigenvalue weighted by Gasteiger charge is 2.58. The largest absolute Gasteiger partial charge is 0.395 e. The monoisotopic (exact) mass is 475 g/mol. The van der Waals surface area contributed by atoms with Crippen LogP contribution in [0.4, 0.5) is 0 Å². The van der Waals surface area contributed by atoms with Crippen molar-refractivity contribution >= 4 is 20.9 Å². The molecule has 5 atom stereocenters. The lowest BCUT2D eigenvalue weighted by Gasteiger charge is -2.59. The normalized spacial score (nSPS) is 31.0. The van der Waals surface area contributed by atoms with E-state index in [9.17, 15) is 13.5 Å². The molecular formula is C25H37N3O4S. The minimum absolute atomic E-state index is 0.0846. The predicted octanol–water partition coefficient (Wildman–Crippen LogP) is 2.18. The van der Waals surface area contributed by atoms with Crippen molar-refractivity contribution in [3.63, 3.8) is 0 Å². The maximum atomic E-state index is 11.9. The summed E-state index contributed by atoms with van der Waals surface area (Å²) >= 11 is 0. The van der Waals surface area contributed by atoms with E-state index in [2.05, 4.69) is 26.7 Å². The highest BCUT2D eigenvalue weighted by atomic mass is 32.2. The van der Waals surface area contributed by atoms with Crippen LogP contribution in [0.2, 0.25) is 0 Å². The molecule has 3 aliphatic heterocycles. The Balaban J connectivity index is 1.52. The number of aliphatic hydroxyl groups excluding tert-OH is 1. The topological polar surface area (TPSA) is 94.7 Å². The standard InChI is InChI=1S/C25H37N3O4S/c1-3-32-10-7-19-12-18-14-25(16-29)23-20(6-9-28(15-18)24(19)25)21-13-17(4-5-22(21)27-23)8-11-33(30,31)26-2/h4-5,13,18-19,24,26-27,29H,3,6-12,14-16H2,1-2H3. The van der Waals surface area contributed by atoms with Crippen molar-refractivity contribution in [3.8, 4) is 0 Å². The molecule has 7 nitrogen and oxygen atoms in total. The zero-order valence-corrected chi connectivity index (χ0v) is 20.6. The minimum atomic E-state index is -3.24. The van der Waals surface area contributed by atoms with Gasteiger partial charge in [-0.2, -0.15) is 0 Å². The molecule has 0 amide bonds. The van der Waals surface area contributed by atoms with E-state index in [1.54, 1.807) is 0 Å². The minimum Gasteiger partial charge on any atom is -0.395 e. The van der Waals surface area contributed by atoms with Gasteiger partial charge in [0.1, 0.15) is 0 Å². The fraction of sp³-hybridized carbons (Fsp3) is 0.680. The molecule has 1 aromatic carbocycles. The molecule has 33 heavy (non-hydrogen) atoms. The number of aromatic amines is 1. The molecule has 0 radical (unpaired) electrons. The lowest BCUT2D eigenvalue weighted by Crippen LogP contribution is -2.65. The number of piperidine rings is 2. The van der Waals surface area contributed by atoms with Gasteiger partial charge in [0.2, 0.25) is 10.0 Å². The summed E-state index contributed by atoms with van der Waals surface area (Å²) in [4.78, 5) is 6.38. The quantitative estimate of drug-likeness (QED) is 0.484. The third-order valence-electron chi connectivity index (χ3n) is 8.39. The van der Waals surface area contributed by atoms with Gasteiger partial charge in [-0.15, -0.1) is 0 Å². The maximum Gasteiger partial charge on any atom is 0.211 e. The number of nitrogens with zero attached hydrogens (tertiary/aromatic N) is 1. The van der Waals surface area contributed by atoms with Crippen LogP contribution < -0.4 is 4.72 Å². The first-order chi connectivity index (χ1) is 15.9. The molecule has 1 saturated carbocycles. The SMILES string of the molecule is CCOCCC1CC2CN3CCc4c([nH]c5ccc(CCS(=O)(=O)NC)cc45)C(CO)(C2)C13. The van der Waals surface area contributed by atoms with Crippen molar-refractivity contribution in [2.75, 3.05) is 45.7 Å². The Bertz CT molecular complexity index is 1110. The summed E-state index contributed by atoms with van der Waals surface area (Å²) in [5.74, 6) is 1.23. The Morgan fingerprint density at radius 3 is 2.97 bits per heavy atom. The summed E-state index contributed by atoms with van der Waals surface area (Å²) < 4.78 is 31.9. The number of ether oxygens (including phenoxy) is 1. The number of aromatic nitrogens is 1. The number of aryl methyl sites for hydroxylation is 1. The Morgan fingerprint density at radius 1 is 1.36 bits per heavy atom. The first-order valence-corrected chi connectivity index (χ1v) is 14.0. The van der Waals surface area contributed by atoms with E-state index in [4.69, 9.17) is 4.74 Å². The summed E-state index contributed by atoms with van der Waals surface area (Å²) in [6.45, 7) is 5.88. The van der Waals surface area contributed by atoms with Crippen LogP contribution in [0.15, 0.2) is 18.2 Å². The second-order valence-electron chi connectivity index (χ2n) is 10.2. The molecule has 3 fully saturated rings. The molecule has 182 valence electrons. The van der Waals surface area contributed by atoms with Crippen LogP contribution >= 0.6 is 0 Å². The Kier molecular flexibility index (Phi) is 6.33. The number of nitrogens with one attached hydrogen (secondary N) is 2. The molecular weight excluding hydrogens is 438 g/mol. The third kappa shape index (κ3) is 4.04. The van der Waals surface area contributed by atoms with Gasteiger partial charge in [0, 0.05) is 54.4 Å². The number of aliphatic hydroxyl groups is 1. The number of sulfonamides is 1. The van der Waals surface area contributed by atoms with Crippen LogP contribution in [0.5, 0.6) is 0 Å². The summed E-state index contributed by atoms with van der Waals surface area (Å²) in [7, 11) is -1.78. The van der Waals surface area contributed by atoms with E-state index in [1.165, 1.54) is 30.1 Å². The summed E-state index contributed by atoms with van der Waals surface area (Å²) in [6.07, 6.45) is 4.75. The fourth-order valence-electron chi connectivity index (χ4n) is 7.08. The van der Waals surface area contributed by atoms with E-state index in [0.717, 1.165) is 56.6 Å². The Morgan fingerprint density at radius 2 is 2.21 bits per heavy atom. The second kappa shape index (κ2) is 8.96. The van der Waals surface area contributed by atoms with Gasteiger partial charge in [-0.3, -0.25) is 4.90 Å². The van der Waals surface area contributed by atoms with Gasteiger partial charge in [0.15, 0.2) is 0 Å². The molecule has 8 heteroatoms. The van der Waals surface area contributed by atoms with Gasteiger partial charge >= 0.3 is 0 Å². The average Bonchev–Trinajstić information content (AvgIpc) is 3.15. The molecule has 4 heterocycles. The fourth-order valence-corrected chi connectivity index (χ4v) is 7.78. The van der Waals surface area contributed by atoms with Crippen LogP contribution in [0.1, 0.15) is 43.0 Å². The van der Waals surface area contributed by atoms with Crippen LogP contribution in [0.3, 0.4) is 0 Å². The van der Waals surface area contributed by atoms with Crippen molar-refractivity contribution in [2.24, 2.45) is 11.8 Å². The molecule has 4 bridgehead atoms. The molecule has 1 aromatic heterocycles. The van der Waals surface area contributed by atoms with E-state index in [-0.39, 0.29) is 17.8 Å². The Labute approximate surface area is 196 Å². The first kappa shape index (κ1) is 23.3. The number of rotatable bonds is 9. The number of hydrogen-bond donors (Lipinski definition) is 3. The molecule has 6 rings (SSSR count). The van der Waals surface area contributed by atoms with Crippen LogP contribution in [0, 0.1) is 11.8 Å². The van der Waals surface area contributed by atoms with Crippen molar-refractivity contribution in [3.05, 3.63) is 35.0 Å². The number of H-pyrrole nitrogens is 1. The third-order valence-corrected chi connectivity index (χ3v) is 9.76. The van der Waals surface area contributed by atoms with Gasteiger partial charge in [-0.05, 0) is 81.2 Å². The van der Waals surface area contributed by atoms with E-state index < -0.39 is 10.0 Å². The van der Waals surface area contributed by atoms with Gasteiger partial charge in [0.05, 0.1) is 12.4 Å². The zero-order valence-electron chi connectivity index (χ0n) is 19.8. The highest BCUT2D eigenvalue weighted by Crippen LogP contribution is 2.54. The van der Waals surface area contributed by atoms with Gasteiger partial charge in [-0.25, -0.2) is 13.1 Å². The molecule has 1 aliphatic carbocycles. The summed E-state index contributed by atoms with van der Waals surface area (Å²) in [5.41, 5.74) is 4.39. The number of hydrogen-bond acceptors (Lipinski definition) is 5. The lowest BCUT2D eigenvalue weighted by molar-refractivity contribution is -0.0835. The van der Waals surface area contributed by atoms with Crippen molar-refractivity contribution in [1.29, 1.82) is 0 Å². The van der Waals surface area contributed by atoms with E-state index in [1.807, 2.05) is 13.0 Å². The smallest absolute Gasteiger partial charge is 0.211 e. The molecule has 0 spiro atoms. The lowest BCUT2D eigenvalue weighted by atomic mass is 9.56. The average molecular weight is 476 g/mol. The zero-order chi connectivity index (χ0) is 23.2. The van der Waals surface area contributed by atoms with Crippen LogP contribution in [0.25, 0.3) is 10.9 Å². The summed E-state index contributed by atoms with van der Waals surface area (Å²) in [5, 5.41) is 12.1. The van der Waals surface area contributed by atoms with Crippen LogP contribution in [-0.2, 0) is 33.0 Å². The van der Waals surface area contributed by atoms with Gasteiger partial charge < -0.3 is 14.8 Å². The molecule has 2 saturated heterocycles. The second-order valence-corrected chi connectivity index (χ2v) is 12.2. The van der Waals surface area contributed by atoms with Crippen molar-refractivity contribution < 1.29 is 18.3 Å². The van der Waals surface area contributed by atoms with Gasteiger partial charge in [-0.1, -0.05) is 6.07 Å².